The minimum Gasteiger partial charge on any atom is -0.165 e. The molecule has 0 aromatic heterocycles. The van der Waals surface area contributed by atoms with Crippen molar-refractivity contribution in [3.63, 3.8) is 0 Å². The van der Waals surface area contributed by atoms with Crippen LogP contribution in [0.1, 0.15) is 19.4 Å². The Labute approximate surface area is 80.4 Å². The molecular weight excluding hydrogens is 164 g/mol. The Hall–Kier alpha value is -0.430. The first kappa shape index (κ1) is 11.6. The highest BCUT2D eigenvalue weighted by Crippen LogP contribution is 2.02. The molecule has 0 saturated carbocycles. The average Bonchev–Trinajstić information content (AvgIpc) is 2.19. The summed E-state index contributed by atoms with van der Waals surface area (Å²) >= 11 is 1.90. The number of thioether (sulfide) groups is 1. The number of aryl methyl sites for hydroxylation is 1. The third-order valence-electron chi connectivity index (χ3n) is 1.44. The summed E-state index contributed by atoms with van der Waals surface area (Å²) < 4.78 is 0. The lowest BCUT2D eigenvalue weighted by Gasteiger charge is -1.96. The molecule has 68 valence electrons. The summed E-state index contributed by atoms with van der Waals surface area (Å²) in [7, 11) is 0. The van der Waals surface area contributed by atoms with Gasteiger partial charge in [0.1, 0.15) is 0 Å². The summed E-state index contributed by atoms with van der Waals surface area (Å²) in [6.45, 7) is 4.00. The smallest absolute Gasteiger partial charge is 0.00298 e. The molecule has 0 aliphatic rings. The fourth-order valence-electron chi connectivity index (χ4n) is 0.865. The maximum Gasteiger partial charge on any atom is -0.00298 e. The van der Waals surface area contributed by atoms with E-state index in [4.69, 9.17) is 0 Å². The molecule has 1 rings (SSSR count). The second kappa shape index (κ2) is 8.66. The van der Waals surface area contributed by atoms with E-state index in [1.807, 2.05) is 25.6 Å². The van der Waals surface area contributed by atoms with Crippen LogP contribution >= 0.6 is 11.8 Å². The molecule has 0 aliphatic heterocycles. The van der Waals surface area contributed by atoms with Crippen LogP contribution < -0.4 is 0 Å². The predicted molar refractivity (Wildman–Crippen MR) is 59.9 cm³/mol. The molecule has 0 radical (unpaired) electrons. The van der Waals surface area contributed by atoms with Crippen molar-refractivity contribution in [1.82, 2.24) is 0 Å². The fraction of sp³-hybridized carbons (Fsp3) is 0.455. The maximum atomic E-state index is 2.18. The van der Waals surface area contributed by atoms with Crippen molar-refractivity contribution in [2.24, 2.45) is 0 Å². The largest absolute Gasteiger partial charge is 0.165 e. The number of hydrogen-bond acceptors (Lipinski definition) is 1. The topological polar surface area (TPSA) is 0 Å². The summed E-state index contributed by atoms with van der Waals surface area (Å²) in [5.74, 6) is 1.23. The van der Waals surface area contributed by atoms with Crippen LogP contribution in [-0.2, 0) is 6.42 Å². The van der Waals surface area contributed by atoms with Crippen LogP contribution in [0.2, 0.25) is 0 Å². The van der Waals surface area contributed by atoms with E-state index < -0.39 is 0 Å². The first-order chi connectivity index (χ1) is 5.93. The Kier molecular flexibility index (Phi) is 8.35. The average molecular weight is 182 g/mol. The van der Waals surface area contributed by atoms with E-state index in [2.05, 4.69) is 36.6 Å². The first-order valence-corrected chi connectivity index (χ1v) is 5.86. The van der Waals surface area contributed by atoms with Gasteiger partial charge in [-0.15, -0.1) is 0 Å². The van der Waals surface area contributed by atoms with Gasteiger partial charge in [0.25, 0.3) is 0 Å². The summed E-state index contributed by atoms with van der Waals surface area (Å²) in [5.41, 5.74) is 1.44. The Bertz CT molecular complexity index is 170. The highest BCUT2D eigenvalue weighted by Gasteiger charge is 1.87. The van der Waals surface area contributed by atoms with Crippen LogP contribution in [0, 0.1) is 0 Å². The van der Waals surface area contributed by atoms with Crippen molar-refractivity contribution in [1.29, 1.82) is 0 Å². The standard InChI is InChI=1S/C9H12S.C2H6/c1-10-8-7-9-5-3-2-4-6-9;1-2/h2-6H,7-8H2,1H3;1-2H3. The molecule has 0 nitrogen and oxygen atoms in total. The van der Waals surface area contributed by atoms with Crippen LogP contribution in [0.15, 0.2) is 30.3 Å². The van der Waals surface area contributed by atoms with E-state index in [0.717, 1.165) is 0 Å². The van der Waals surface area contributed by atoms with Crippen molar-refractivity contribution in [3.8, 4) is 0 Å². The van der Waals surface area contributed by atoms with Crippen molar-refractivity contribution >= 4 is 11.8 Å². The molecule has 0 aliphatic carbocycles. The normalized spacial score (nSPS) is 8.58. The lowest BCUT2D eigenvalue weighted by Crippen LogP contribution is -1.85. The van der Waals surface area contributed by atoms with Gasteiger partial charge >= 0.3 is 0 Å². The van der Waals surface area contributed by atoms with Crippen LogP contribution in [-0.4, -0.2) is 12.0 Å². The molecule has 1 aromatic rings. The van der Waals surface area contributed by atoms with Crippen LogP contribution in [0.4, 0.5) is 0 Å². The first-order valence-electron chi connectivity index (χ1n) is 4.46. The third-order valence-corrected chi connectivity index (χ3v) is 2.05. The van der Waals surface area contributed by atoms with Gasteiger partial charge in [0.15, 0.2) is 0 Å². The van der Waals surface area contributed by atoms with E-state index in [1.54, 1.807) is 0 Å². The van der Waals surface area contributed by atoms with Gasteiger partial charge in [-0.05, 0) is 24.0 Å². The second-order valence-corrected chi connectivity index (χ2v) is 3.21. The maximum absolute atomic E-state index is 2.18. The van der Waals surface area contributed by atoms with Gasteiger partial charge in [-0.25, -0.2) is 0 Å². The Morgan fingerprint density at radius 2 is 1.67 bits per heavy atom. The number of rotatable bonds is 3. The van der Waals surface area contributed by atoms with Gasteiger partial charge < -0.3 is 0 Å². The van der Waals surface area contributed by atoms with Gasteiger partial charge in [0.2, 0.25) is 0 Å². The third kappa shape index (κ3) is 5.25. The van der Waals surface area contributed by atoms with Crippen molar-refractivity contribution in [3.05, 3.63) is 35.9 Å². The molecule has 0 fully saturated rings. The minimum atomic E-state index is 1.20. The molecule has 0 unspecified atom stereocenters. The molecule has 0 heterocycles. The lowest BCUT2D eigenvalue weighted by atomic mass is 10.2. The lowest BCUT2D eigenvalue weighted by molar-refractivity contribution is 1.16. The molecule has 0 atom stereocenters. The molecular formula is C11H18S. The summed E-state index contributed by atoms with van der Waals surface area (Å²) in [4.78, 5) is 0. The van der Waals surface area contributed by atoms with Gasteiger partial charge in [0.05, 0.1) is 0 Å². The highest BCUT2D eigenvalue weighted by atomic mass is 32.2. The Morgan fingerprint density at radius 1 is 1.08 bits per heavy atom. The van der Waals surface area contributed by atoms with Gasteiger partial charge in [-0.1, -0.05) is 44.2 Å². The molecule has 1 heteroatoms. The summed E-state index contributed by atoms with van der Waals surface area (Å²) in [6, 6.07) is 10.6. The van der Waals surface area contributed by atoms with Gasteiger partial charge in [-0.3, -0.25) is 0 Å². The monoisotopic (exact) mass is 182 g/mol. The van der Waals surface area contributed by atoms with E-state index in [9.17, 15) is 0 Å². The predicted octanol–water partition coefficient (Wildman–Crippen LogP) is 3.62. The zero-order chi connectivity index (χ0) is 9.23. The van der Waals surface area contributed by atoms with Crippen LogP contribution in [0.5, 0.6) is 0 Å². The molecule has 0 saturated heterocycles. The second-order valence-electron chi connectivity index (χ2n) is 2.23. The fourth-order valence-corrected chi connectivity index (χ4v) is 1.30. The zero-order valence-corrected chi connectivity index (χ0v) is 9.03. The van der Waals surface area contributed by atoms with E-state index in [1.165, 1.54) is 17.7 Å². The van der Waals surface area contributed by atoms with Crippen molar-refractivity contribution in [2.45, 2.75) is 20.3 Å². The number of benzene rings is 1. The summed E-state index contributed by atoms with van der Waals surface area (Å²) in [6.07, 6.45) is 3.34. The molecule has 0 N–H and O–H groups in total. The van der Waals surface area contributed by atoms with Crippen LogP contribution in [0.25, 0.3) is 0 Å². The van der Waals surface area contributed by atoms with Gasteiger partial charge in [0, 0.05) is 0 Å². The molecule has 0 spiro atoms. The molecule has 1 aromatic carbocycles. The molecule has 12 heavy (non-hydrogen) atoms. The molecule has 0 amide bonds. The summed E-state index contributed by atoms with van der Waals surface area (Å²) in [5, 5.41) is 0. The van der Waals surface area contributed by atoms with E-state index >= 15 is 0 Å². The zero-order valence-electron chi connectivity index (χ0n) is 8.21. The molecule has 0 bridgehead atoms. The Balaban J connectivity index is 0.000000561. The SMILES string of the molecule is CC.CSCCc1ccccc1. The Morgan fingerprint density at radius 3 is 2.17 bits per heavy atom. The van der Waals surface area contributed by atoms with Gasteiger partial charge in [-0.2, -0.15) is 11.8 Å². The van der Waals surface area contributed by atoms with E-state index in [-0.39, 0.29) is 0 Å². The highest BCUT2D eigenvalue weighted by molar-refractivity contribution is 7.98. The van der Waals surface area contributed by atoms with Crippen molar-refractivity contribution in [2.75, 3.05) is 12.0 Å². The minimum absolute atomic E-state index is 1.20. The quantitative estimate of drug-likeness (QED) is 0.688. The van der Waals surface area contributed by atoms with Crippen LogP contribution in [0.3, 0.4) is 0 Å². The van der Waals surface area contributed by atoms with Crippen molar-refractivity contribution < 1.29 is 0 Å². The van der Waals surface area contributed by atoms with E-state index in [0.29, 0.717) is 0 Å². The number of hydrogen-bond donors (Lipinski definition) is 0.